The maximum atomic E-state index is 11.9. The molecule has 0 amide bonds. The Kier molecular flexibility index (Phi) is 3.31. The summed E-state index contributed by atoms with van der Waals surface area (Å²) >= 11 is 0. The van der Waals surface area contributed by atoms with Gasteiger partial charge in [0.1, 0.15) is 6.04 Å². The minimum Gasteiger partial charge on any atom is -0.319 e. The van der Waals surface area contributed by atoms with Gasteiger partial charge in [0.05, 0.1) is 0 Å². The summed E-state index contributed by atoms with van der Waals surface area (Å²) < 4.78 is 35.7. The van der Waals surface area contributed by atoms with Gasteiger partial charge in [-0.25, -0.2) is 0 Å². The fourth-order valence-electron chi connectivity index (χ4n) is 0.595. The van der Waals surface area contributed by atoms with Crippen LogP contribution in [0, 0.1) is 0 Å². The van der Waals surface area contributed by atoms with E-state index >= 15 is 0 Å². The van der Waals surface area contributed by atoms with Gasteiger partial charge in [0.15, 0.2) is 0 Å². The molecule has 0 saturated carbocycles. The highest BCUT2D eigenvalue weighted by molar-refractivity contribution is 4.81. The van der Waals surface area contributed by atoms with Crippen LogP contribution in [-0.4, -0.2) is 37.3 Å². The number of hydrogen-bond acceptors (Lipinski definition) is 2. The van der Waals surface area contributed by atoms with Crippen molar-refractivity contribution in [1.29, 1.82) is 0 Å². The van der Waals surface area contributed by atoms with Crippen LogP contribution in [-0.2, 0) is 0 Å². The molecule has 0 aliphatic rings. The fourth-order valence-corrected chi connectivity index (χ4v) is 0.595. The highest BCUT2D eigenvalue weighted by atomic mass is 19.4. The molecule has 2 unspecified atom stereocenters. The van der Waals surface area contributed by atoms with Crippen molar-refractivity contribution < 1.29 is 13.2 Å². The van der Waals surface area contributed by atoms with E-state index in [2.05, 4.69) is 0 Å². The van der Waals surface area contributed by atoms with E-state index in [1.165, 1.54) is 11.8 Å². The second-order valence-corrected chi connectivity index (χ2v) is 2.77. The van der Waals surface area contributed by atoms with Crippen LogP contribution in [0.3, 0.4) is 0 Å². The maximum Gasteiger partial charge on any atom is 0.405 e. The van der Waals surface area contributed by atoms with Gasteiger partial charge in [-0.05, 0) is 21.0 Å². The summed E-state index contributed by atoms with van der Waals surface area (Å²) in [6.07, 6.45) is -4.30. The number of likely N-dealkylation sites (N-methyl/N-ethyl adjacent to an activating group) is 1. The molecule has 2 nitrogen and oxygen atoms in total. The predicted molar refractivity (Wildman–Crippen MR) is 37.2 cm³/mol. The Morgan fingerprint density at radius 2 is 1.64 bits per heavy atom. The Labute approximate surface area is 64.2 Å². The second kappa shape index (κ2) is 3.40. The molecule has 0 aliphatic heterocycles. The zero-order valence-electron chi connectivity index (χ0n) is 6.81. The highest BCUT2D eigenvalue weighted by Gasteiger charge is 2.40. The van der Waals surface area contributed by atoms with Crippen molar-refractivity contribution in [3.63, 3.8) is 0 Å². The van der Waals surface area contributed by atoms with Gasteiger partial charge in [0, 0.05) is 6.04 Å². The van der Waals surface area contributed by atoms with Crippen molar-refractivity contribution in [2.75, 3.05) is 14.1 Å². The van der Waals surface area contributed by atoms with Crippen LogP contribution in [0.2, 0.25) is 0 Å². The Balaban J connectivity index is 4.13. The summed E-state index contributed by atoms with van der Waals surface area (Å²) in [5.41, 5.74) is 4.93. The number of nitrogens with zero attached hydrogens (tertiary/aromatic N) is 1. The van der Waals surface area contributed by atoms with Crippen LogP contribution in [0.25, 0.3) is 0 Å². The molecule has 0 aliphatic carbocycles. The third-order valence-electron chi connectivity index (χ3n) is 1.71. The summed E-state index contributed by atoms with van der Waals surface area (Å²) in [5.74, 6) is 0. The SMILES string of the molecule is CC(C(N)C(F)(F)F)N(C)C. The number of alkyl halides is 3. The Morgan fingerprint density at radius 3 is 1.73 bits per heavy atom. The molecule has 0 aromatic rings. The molecular formula is C6H13F3N2. The third-order valence-corrected chi connectivity index (χ3v) is 1.71. The highest BCUT2D eigenvalue weighted by Crippen LogP contribution is 2.21. The van der Waals surface area contributed by atoms with Crippen LogP contribution in [0.15, 0.2) is 0 Å². The van der Waals surface area contributed by atoms with E-state index in [1.54, 1.807) is 14.1 Å². The normalized spacial score (nSPS) is 18.5. The molecule has 11 heavy (non-hydrogen) atoms. The lowest BCUT2D eigenvalue weighted by Crippen LogP contribution is -2.51. The van der Waals surface area contributed by atoms with Crippen molar-refractivity contribution >= 4 is 0 Å². The van der Waals surface area contributed by atoms with Crippen LogP contribution in [0.1, 0.15) is 6.92 Å². The van der Waals surface area contributed by atoms with Gasteiger partial charge in [0.2, 0.25) is 0 Å². The van der Waals surface area contributed by atoms with Gasteiger partial charge < -0.3 is 10.6 Å². The minimum absolute atomic E-state index is 0.685. The first-order valence-corrected chi connectivity index (χ1v) is 3.25. The van der Waals surface area contributed by atoms with Crippen LogP contribution in [0.4, 0.5) is 13.2 Å². The molecule has 0 aromatic heterocycles. The molecular weight excluding hydrogens is 157 g/mol. The lowest BCUT2D eigenvalue weighted by molar-refractivity contribution is -0.158. The molecule has 68 valence electrons. The molecule has 2 N–H and O–H groups in total. The van der Waals surface area contributed by atoms with Crippen molar-refractivity contribution in [1.82, 2.24) is 4.90 Å². The van der Waals surface area contributed by atoms with E-state index < -0.39 is 18.3 Å². The summed E-state index contributed by atoms with van der Waals surface area (Å²) in [5, 5.41) is 0. The van der Waals surface area contributed by atoms with E-state index in [4.69, 9.17) is 5.73 Å². The van der Waals surface area contributed by atoms with Gasteiger partial charge in [-0.3, -0.25) is 0 Å². The van der Waals surface area contributed by atoms with Crippen LogP contribution >= 0.6 is 0 Å². The van der Waals surface area contributed by atoms with Crippen molar-refractivity contribution in [2.24, 2.45) is 5.73 Å². The van der Waals surface area contributed by atoms with E-state index in [-0.39, 0.29) is 0 Å². The first-order chi connectivity index (χ1) is 4.76. The van der Waals surface area contributed by atoms with E-state index in [1.807, 2.05) is 0 Å². The van der Waals surface area contributed by atoms with Crippen molar-refractivity contribution in [2.45, 2.75) is 25.2 Å². The van der Waals surface area contributed by atoms with Gasteiger partial charge in [-0.1, -0.05) is 0 Å². The number of rotatable bonds is 2. The molecule has 0 saturated heterocycles. The lowest BCUT2D eigenvalue weighted by atomic mass is 10.1. The molecule has 0 aromatic carbocycles. The first kappa shape index (κ1) is 10.7. The molecule has 0 heterocycles. The van der Waals surface area contributed by atoms with Gasteiger partial charge in [0.25, 0.3) is 0 Å². The zero-order valence-corrected chi connectivity index (χ0v) is 6.81. The zero-order chi connectivity index (χ0) is 9.23. The largest absolute Gasteiger partial charge is 0.405 e. The Hall–Kier alpha value is -0.290. The predicted octanol–water partition coefficient (Wildman–Crippen LogP) is 0.826. The van der Waals surface area contributed by atoms with Gasteiger partial charge in [-0.2, -0.15) is 13.2 Å². The van der Waals surface area contributed by atoms with E-state index in [0.29, 0.717) is 0 Å². The molecule has 0 spiro atoms. The average molecular weight is 170 g/mol. The lowest BCUT2D eigenvalue weighted by Gasteiger charge is -2.27. The molecule has 0 radical (unpaired) electrons. The fraction of sp³-hybridized carbons (Fsp3) is 1.00. The molecule has 0 bridgehead atoms. The average Bonchev–Trinajstić information content (AvgIpc) is 1.82. The summed E-state index contributed by atoms with van der Waals surface area (Å²) in [6.45, 7) is 1.44. The monoisotopic (exact) mass is 170 g/mol. The van der Waals surface area contributed by atoms with Crippen LogP contribution in [0.5, 0.6) is 0 Å². The maximum absolute atomic E-state index is 11.9. The molecule has 0 rings (SSSR count). The van der Waals surface area contributed by atoms with E-state index in [9.17, 15) is 13.2 Å². The van der Waals surface area contributed by atoms with Crippen molar-refractivity contribution in [3.05, 3.63) is 0 Å². The number of nitrogens with two attached hydrogens (primary N) is 1. The second-order valence-electron chi connectivity index (χ2n) is 2.77. The molecule has 0 fully saturated rings. The molecule has 5 heteroatoms. The number of halogens is 3. The molecule has 2 atom stereocenters. The van der Waals surface area contributed by atoms with Crippen molar-refractivity contribution in [3.8, 4) is 0 Å². The minimum atomic E-state index is -4.30. The van der Waals surface area contributed by atoms with Crippen LogP contribution < -0.4 is 5.73 Å². The van der Waals surface area contributed by atoms with E-state index in [0.717, 1.165) is 0 Å². The summed E-state index contributed by atoms with van der Waals surface area (Å²) in [4.78, 5) is 1.44. The Bertz CT molecular complexity index is 121. The summed E-state index contributed by atoms with van der Waals surface area (Å²) in [6, 6.07) is -2.45. The Morgan fingerprint density at radius 1 is 1.27 bits per heavy atom. The third kappa shape index (κ3) is 3.07. The standard InChI is InChI=1S/C6H13F3N2/c1-4(11(2)3)5(10)6(7,8)9/h4-5H,10H2,1-3H3. The van der Waals surface area contributed by atoms with Gasteiger partial charge >= 0.3 is 6.18 Å². The topological polar surface area (TPSA) is 29.3 Å². The smallest absolute Gasteiger partial charge is 0.319 e. The first-order valence-electron chi connectivity index (χ1n) is 3.25. The number of hydrogen-bond donors (Lipinski definition) is 1. The summed E-state index contributed by atoms with van der Waals surface area (Å²) in [7, 11) is 3.13. The quantitative estimate of drug-likeness (QED) is 0.665. The van der Waals surface area contributed by atoms with Gasteiger partial charge in [-0.15, -0.1) is 0 Å².